The van der Waals surface area contributed by atoms with E-state index in [1.54, 1.807) is 10.9 Å². The number of carbonyl (C=O) groups is 1. The number of hydrogen-bond acceptors (Lipinski definition) is 3. The third-order valence-electron chi connectivity index (χ3n) is 5.04. The van der Waals surface area contributed by atoms with Gasteiger partial charge in [-0.05, 0) is 38.6 Å². The molecule has 2 heterocycles. The predicted octanol–water partition coefficient (Wildman–Crippen LogP) is 1.72. The van der Waals surface area contributed by atoms with Crippen LogP contribution in [0.4, 0.5) is 0 Å². The van der Waals surface area contributed by atoms with Gasteiger partial charge in [-0.25, -0.2) is 4.98 Å². The Bertz CT molecular complexity index is 485. The third-order valence-corrected chi connectivity index (χ3v) is 5.04. The summed E-state index contributed by atoms with van der Waals surface area (Å²) in [6.45, 7) is 5.02. The Kier molecular flexibility index (Phi) is 4.29. The number of carbonyl (C=O) groups excluding carboxylic acids is 1. The molecule has 0 unspecified atom stereocenters. The Morgan fingerprint density at radius 2 is 2.14 bits per heavy atom. The molecule has 1 amide bonds. The first-order chi connectivity index (χ1) is 10.1. The average Bonchev–Trinajstić information content (AvgIpc) is 3.17. The molecule has 1 atom stereocenters. The predicted molar refractivity (Wildman–Crippen MR) is 82.2 cm³/mol. The molecular weight excluding hydrogens is 264 g/mol. The second-order valence-electron chi connectivity index (χ2n) is 6.59. The Morgan fingerprint density at radius 3 is 2.81 bits per heavy atom. The van der Waals surface area contributed by atoms with Crippen molar-refractivity contribution in [3.8, 4) is 0 Å². The maximum atomic E-state index is 12.3. The summed E-state index contributed by atoms with van der Waals surface area (Å²) in [5.74, 6) is 0.606. The molecule has 21 heavy (non-hydrogen) atoms. The molecule has 0 radical (unpaired) electrons. The van der Waals surface area contributed by atoms with Crippen molar-refractivity contribution in [2.45, 2.75) is 45.1 Å². The fraction of sp³-hybridized carbons (Fsp3) is 0.750. The summed E-state index contributed by atoms with van der Waals surface area (Å²) in [5.41, 5.74) is 1.48. The zero-order valence-corrected chi connectivity index (χ0v) is 13.1. The Morgan fingerprint density at radius 1 is 1.38 bits per heavy atom. The highest BCUT2D eigenvalue weighted by Gasteiger charge is 2.30. The van der Waals surface area contributed by atoms with Gasteiger partial charge in [0.05, 0.1) is 12.0 Å². The molecule has 116 valence electrons. The summed E-state index contributed by atoms with van der Waals surface area (Å²) in [7, 11) is 1.87. The number of rotatable bonds is 4. The van der Waals surface area contributed by atoms with Crippen molar-refractivity contribution in [3.63, 3.8) is 0 Å². The van der Waals surface area contributed by atoms with Gasteiger partial charge in [-0.1, -0.05) is 12.8 Å². The van der Waals surface area contributed by atoms with E-state index < -0.39 is 0 Å². The number of nitrogens with one attached hydrogen (secondary N) is 1. The first-order valence-electron chi connectivity index (χ1n) is 8.15. The smallest absolute Gasteiger partial charge is 0.269 e. The van der Waals surface area contributed by atoms with Crippen molar-refractivity contribution in [2.75, 3.05) is 19.6 Å². The molecule has 1 aromatic rings. The normalized spacial score (nSPS) is 23.8. The molecule has 0 aromatic carbocycles. The fourth-order valence-corrected chi connectivity index (χ4v) is 3.82. The van der Waals surface area contributed by atoms with Crippen LogP contribution in [0.2, 0.25) is 0 Å². The van der Waals surface area contributed by atoms with Crippen molar-refractivity contribution >= 4 is 5.91 Å². The standard InChI is InChI=1S/C16H26N4O/c1-12-15(19(2)11-18-12)16(21)17-9-13-7-8-20(10-13)14-5-3-4-6-14/h11,13-14H,3-10H2,1-2H3,(H,17,21)/t13-/m0/s1. The molecule has 1 N–H and O–H groups in total. The highest BCUT2D eigenvalue weighted by Crippen LogP contribution is 2.28. The van der Waals surface area contributed by atoms with E-state index in [0.29, 0.717) is 11.6 Å². The number of aryl methyl sites for hydroxylation is 2. The van der Waals surface area contributed by atoms with E-state index in [4.69, 9.17) is 0 Å². The Balaban J connectivity index is 1.49. The highest BCUT2D eigenvalue weighted by molar-refractivity contribution is 5.93. The van der Waals surface area contributed by atoms with E-state index >= 15 is 0 Å². The first kappa shape index (κ1) is 14.6. The van der Waals surface area contributed by atoms with Crippen LogP contribution in [0.5, 0.6) is 0 Å². The molecule has 1 aliphatic heterocycles. The second kappa shape index (κ2) is 6.18. The van der Waals surface area contributed by atoms with Crippen LogP contribution in [0.3, 0.4) is 0 Å². The SMILES string of the molecule is Cc1ncn(C)c1C(=O)NC[C@@H]1CCN(C2CCCC2)C1. The van der Waals surface area contributed by atoms with Gasteiger partial charge in [0, 0.05) is 26.2 Å². The van der Waals surface area contributed by atoms with Crippen molar-refractivity contribution in [2.24, 2.45) is 13.0 Å². The largest absolute Gasteiger partial charge is 0.350 e. The van der Waals surface area contributed by atoms with Gasteiger partial charge in [0.25, 0.3) is 5.91 Å². The van der Waals surface area contributed by atoms with Crippen LogP contribution < -0.4 is 5.32 Å². The average molecular weight is 290 g/mol. The number of nitrogens with zero attached hydrogens (tertiary/aromatic N) is 3. The molecule has 5 nitrogen and oxygen atoms in total. The van der Waals surface area contributed by atoms with Crippen molar-refractivity contribution in [1.82, 2.24) is 19.8 Å². The lowest BCUT2D eigenvalue weighted by atomic mass is 10.1. The van der Waals surface area contributed by atoms with E-state index in [-0.39, 0.29) is 5.91 Å². The van der Waals surface area contributed by atoms with Gasteiger partial charge in [0.15, 0.2) is 0 Å². The summed E-state index contributed by atoms with van der Waals surface area (Å²) in [4.78, 5) is 19.1. The van der Waals surface area contributed by atoms with Crippen LogP contribution in [0.25, 0.3) is 0 Å². The number of hydrogen-bond donors (Lipinski definition) is 1. The lowest BCUT2D eigenvalue weighted by Crippen LogP contribution is -2.34. The lowest BCUT2D eigenvalue weighted by Gasteiger charge is -2.23. The quantitative estimate of drug-likeness (QED) is 0.918. The van der Waals surface area contributed by atoms with Gasteiger partial charge >= 0.3 is 0 Å². The minimum atomic E-state index is 0.00631. The van der Waals surface area contributed by atoms with Gasteiger partial charge < -0.3 is 14.8 Å². The van der Waals surface area contributed by atoms with Gasteiger partial charge in [0.2, 0.25) is 0 Å². The van der Waals surface area contributed by atoms with E-state index in [9.17, 15) is 4.79 Å². The topological polar surface area (TPSA) is 50.2 Å². The first-order valence-corrected chi connectivity index (χ1v) is 8.15. The molecule has 0 bridgehead atoms. The van der Waals surface area contributed by atoms with Crippen LogP contribution in [0.1, 0.15) is 48.3 Å². The lowest BCUT2D eigenvalue weighted by molar-refractivity contribution is 0.0938. The summed E-state index contributed by atoms with van der Waals surface area (Å²) in [5, 5.41) is 3.09. The van der Waals surface area contributed by atoms with E-state index in [1.165, 1.54) is 38.6 Å². The molecule has 2 aliphatic rings. The molecule has 1 aromatic heterocycles. The minimum absolute atomic E-state index is 0.00631. The number of amides is 1. The van der Waals surface area contributed by atoms with Crippen LogP contribution in [0.15, 0.2) is 6.33 Å². The molecule has 5 heteroatoms. The molecule has 1 saturated heterocycles. The Labute approximate surface area is 126 Å². The van der Waals surface area contributed by atoms with Gasteiger partial charge in [0.1, 0.15) is 5.69 Å². The summed E-state index contributed by atoms with van der Waals surface area (Å²) < 4.78 is 1.80. The van der Waals surface area contributed by atoms with E-state index in [1.807, 2.05) is 14.0 Å². The summed E-state index contributed by atoms with van der Waals surface area (Å²) >= 11 is 0. The monoisotopic (exact) mass is 290 g/mol. The number of likely N-dealkylation sites (tertiary alicyclic amines) is 1. The van der Waals surface area contributed by atoms with Gasteiger partial charge in [-0.2, -0.15) is 0 Å². The zero-order chi connectivity index (χ0) is 14.8. The fourth-order valence-electron chi connectivity index (χ4n) is 3.82. The van der Waals surface area contributed by atoms with Crippen molar-refractivity contribution in [3.05, 3.63) is 17.7 Å². The van der Waals surface area contributed by atoms with Crippen LogP contribution >= 0.6 is 0 Å². The molecule has 1 saturated carbocycles. The van der Waals surface area contributed by atoms with Gasteiger partial charge in [-0.15, -0.1) is 0 Å². The van der Waals surface area contributed by atoms with E-state index in [0.717, 1.165) is 24.8 Å². The molecule has 2 fully saturated rings. The van der Waals surface area contributed by atoms with Gasteiger partial charge in [-0.3, -0.25) is 4.79 Å². The second-order valence-corrected chi connectivity index (χ2v) is 6.59. The summed E-state index contributed by atoms with van der Waals surface area (Å²) in [6.07, 6.45) is 8.42. The maximum absolute atomic E-state index is 12.3. The molecular formula is C16H26N4O. The van der Waals surface area contributed by atoms with Crippen LogP contribution in [-0.4, -0.2) is 46.0 Å². The van der Waals surface area contributed by atoms with Crippen molar-refractivity contribution in [1.29, 1.82) is 0 Å². The number of aromatic nitrogens is 2. The molecule has 1 aliphatic carbocycles. The Hall–Kier alpha value is -1.36. The number of imidazole rings is 1. The molecule has 3 rings (SSSR count). The minimum Gasteiger partial charge on any atom is -0.350 e. The third kappa shape index (κ3) is 3.12. The maximum Gasteiger partial charge on any atom is 0.269 e. The summed E-state index contributed by atoms with van der Waals surface area (Å²) in [6, 6.07) is 0.810. The van der Waals surface area contributed by atoms with Crippen LogP contribution in [-0.2, 0) is 7.05 Å². The van der Waals surface area contributed by atoms with E-state index in [2.05, 4.69) is 15.2 Å². The van der Waals surface area contributed by atoms with Crippen LogP contribution in [0, 0.1) is 12.8 Å². The molecule has 0 spiro atoms. The zero-order valence-electron chi connectivity index (χ0n) is 13.1. The van der Waals surface area contributed by atoms with Crippen molar-refractivity contribution < 1.29 is 4.79 Å². The highest BCUT2D eigenvalue weighted by atomic mass is 16.2.